The summed E-state index contributed by atoms with van der Waals surface area (Å²) in [5.74, 6) is 1.51. The third kappa shape index (κ3) is 6.66. The van der Waals surface area contributed by atoms with Crippen LogP contribution in [0.15, 0.2) is 47.6 Å². The lowest BCUT2D eigenvalue weighted by Crippen LogP contribution is -2.52. The molecule has 168 valence electrons. The van der Waals surface area contributed by atoms with Crippen molar-refractivity contribution in [2.24, 2.45) is 4.99 Å². The third-order valence-electron chi connectivity index (χ3n) is 4.84. The zero-order valence-corrected chi connectivity index (χ0v) is 17.5. The molecule has 0 aliphatic carbocycles. The van der Waals surface area contributed by atoms with Crippen LogP contribution in [0.5, 0.6) is 11.6 Å². The van der Waals surface area contributed by atoms with E-state index in [1.165, 1.54) is 12.3 Å². The Morgan fingerprint density at radius 2 is 1.94 bits per heavy atom. The molecule has 31 heavy (non-hydrogen) atoms. The van der Waals surface area contributed by atoms with Crippen molar-refractivity contribution in [2.75, 3.05) is 51.8 Å². The number of hydrogen-bond donors (Lipinski definition) is 1. The summed E-state index contributed by atoms with van der Waals surface area (Å²) in [4.78, 5) is 12.6. The van der Waals surface area contributed by atoms with E-state index >= 15 is 0 Å². The van der Waals surface area contributed by atoms with Gasteiger partial charge in [0.2, 0.25) is 5.88 Å². The molecule has 1 N–H and O–H groups in total. The van der Waals surface area contributed by atoms with Gasteiger partial charge in [0.05, 0.1) is 7.11 Å². The fourth-order valence-electron chi connectivity index (χ4n) is 3.29. The van der Waals surface area contributed by atoms with Crippen LogP contribution in [-0.4, -0.2) is 69.0 Å². The number of hydrogen-bond acceptors (Lipinski definition) is 5. The van der Waals surface area contributed by atoms with Crippen molar-refractivity contribution >= 4 is 11.6 Å². The van der Waals surface area contributed by atoms with E-state index < -0.39 is 12.8 Å². The zero-order valence-electron chi connectivity index (χ0n) is 17.5. The molecule has 1 saturated heterocycles. The van der Waals surface area contributed by atoms with E-state index in [1.807, 2.05) is 18.2 Å². The van der Waals surface area contributed by atoms with E-state index in [0.29, 0.717) is 6.54 Å². The first kappa shape index (κ1) is 22.5. The second-order valence-electron chi connectivity index (χ2n) is 6.98. The summed E-state index contributed by atoms with van der Waals surface area (Å²) in [5, 5.41) is 3.26. The summed E-state index contributed by atoms with van der Waals surface area (Å²) in [6, 6.07) is 11.2. The number of halogens is 3. The molecule has 1 aliphatic heterocycles. The molecule has 0 atom stereocenters. The Morgan fingerprint density at radius 1 is 1.16 bits per heavy atom. The maximum Gasteiger partial charge on any atom is 0.422 e. The number of aliphatic imine (C=N–C) groups is 1. The van der Waals surface area contributed by atoms with Gasteiger partial charge in [-0.25, -0.2) is 4.98 Å². The molecule has 2 heterocycles. The van der Waals surface area contributed by atoms with Gasteiger partial charge in [-0.2, -0.15) is 13.2 Å². The monoisotopic (exact) mass is 437 g/mol. The maximum atomic E-state index is 12.3. The normalized spacial score (nSPS) is 15.1. The highest BCUT2D eigenvalue weighted by molar-refractivity contribution is 5.80. The molecule has 0 radical (unpaired) electrons. The number of pyridine rings is 1. The van der Waals surface area contributed by atoms with Gasteiger partial charge in [-0.05, 0) is 23.8 Å². The third-order valence-corrected chi connectivity index (χ3v) is 4.84. The van der Waals surface area contributed by atoms with Crippen molar-refractivity contribution < 1.29 is 22.6 Å². The number of alkyl halides is 3. The van der Waals surface area contributed by atoms with E-state index in [-0.39, 0.29) is 5.88 Å². The number of benzene rings is 1. The Hall–Kier alpha value is -3.17. The van der Waals surface area contributed by atoms with Gasteiger partial charge in [-0.15, -0.1) is 0 Å². The lowest BCUT2D eigenvalue weighted by molar-refractivity contribution is -0.154. The van der Waals surface area contributed by atoms with Gasteiger partial charge >= 0.3 is 6.18 Å². The SMILES string of the molecule is CN=C(NCc1ccnc(OCC(F)(F)F)c1)N1CCN(c2cccc(OC)c2)CC1. The van der Waals surface area contributed by atoms with Crippen molar-refractivity contribution in [3.8, 4) is 11.6 Å². The topological polar surface area (TPSA) is 62.2 Å². The molecular formula is C21H26F3N5O2. The summed E-state index contributed by atoms with van der Waals surface area (Å²) in [7, 11) is 3.36. The van der Waals surface area contributed by atoms with Crippen molar-refractivity contribution in [1.82, 2.24) is 15.2 Å². The minimum Gasteiger partial charge on any atom is -0.497 e. The van der Waals surface area contributed by atoms with Gasteiger partial charge < -0.3 is 24.6 Å². The van der Waals surface area contributed by atoms with Gasteiger partial charge in [0.25, 0.3) is 0 Å². The van der Waals surface area contributed by atoms with Crippen LogP contribution in [0.25, 0.3) is 0 Å². The van der Waals surface area contributed by atoms with Crippen LogP contribution < -0.4 is 19.7 Å². The number of aromatic nitrogens is 1. The second kappa shape index (κ2) is 10.2. The molecule has 10 heteroatoms. The van der Waals surface area contributed by atoms with Gasteiger partial charge in [0.15, 0.2) is 12.6 Å². The standard InChI is InChI=1S/C21H26F3N5O2/c1-25-20(27-14-16-6-7-26-19(12-16)31-15-21(22,23)24)29-10-8-28(9-11-29)17-4-3-5-18(13-17)30-2/h3-7,12-13H,8-11,14-15H2,1-2H3,(H,25,27). The Balaban J connectivity index is 1.52. The highest BCUT2D eigenvalue weighted by Gasteiger charge is 2.28. The second-order valence-corrected chi connectivity index (χ2v) is 6.98. The van der Waals surface area contributed by atoms with Crippen LogP contribution in [0.1, 0.15) is 5.56 Å². The lowest BCUT2D eigenvalue weighted by atomic mass is 10.2. The van der Waals surface area contributed by atoms with E-state index in [9.17, 15) is 13.2 Å². The van der Waals surface area contributed by atoms with Crippen LogP contribution in [0.3, 0.4) is 0 Å². The number of rotatable bonds is 6. The van der Waals surface area contributed by atoms with Gasteiger partial charge in [0, 0.05) is 63.8 Å². The molecule has 1 fully saturated rings. The fraction of sp³-hybridized carbons (Fsp3) is 0.429. The molecular weight excluding hydrogens is 411 g/mol. The van der Waals surface area contributed by atoms with Crippen LogP contribution in [0.2, 0.25) is 0 Å². The summed E-state index contributed by atoms with van der Waals surface area (Å²) in [5.41, 5.74) is 1.87. The van der Waals surface area contributed by atoms with E-state index in [2.05, 4.69) is 31.2 Å². The first-order chi connectivity index (χ1) is 14.9. The van der Waals surface area contributed by atoms with Crippen LogP contribution >= 0.6 is 0 Å². The summed E-state index contributed by atoms with van der Waals surface area (Å²) in [6.07, 6.45) is -2.97. The lowest BCUT2D eigenvalue weighted by Gasteiger charge is -2.37. The largest absolute Gasteiger partial charge is 0.497 e. The van der Waals surface area contributed by atoms with Crippen molar-refractivity contribution in [2.45, 2.75) is 12.7 Å². The Bertz CT molecular complexity index is 883. The Kier molecular flexibility index (Phi) is 7.43. The summed E-state index contributed by atoms with van der Waals surface area (Å²) >= 11 is 0. The first-order valence-electron chi connectivity index (χ1n) is 9.87. The highest BCUT2D eigenvalue weighted by atomic mass is 19.4. The van der Waals surface area contributed by atoms with Crippen molar-refractivity contribution in [3.63, 3.8) is 0 Å². The number of ether oxygens (including phenoxy) is 2. The molecule has 7 nitrogen and oxygen atoms in total. The molecule has 0 spiro atoms. The molecule has 2 aromatic rings. The van der Waals surface area contributed by atoms with E-state index in [4.69, 9.17) is 9.47 Å². The van der Waals surface area contributed by atoms with Gasteiger partial charge in [-0.1, -0.05) is 6.07 Å². The number of piperazine rings is 1. The molecule has 0 amide bonds. The molecule has 1 aromatic heterocycles. The average Bonchev–Trinajstić information content (AvgIpc) is 2.78. The molecule has 1 aliphatic rings. The summed E-state index contributed by atoms with van der Waals surface area (Å²) in [6.45, 7) is 2.27. The first-order valence-corrected chi connectivity index (χ1v) is 9.87. The van der Waals surface area contributed by atoms with Crippen molar-refractivity contribution in [3.05, 3.63) is 48.2 Å². The number of nitrogens with one attached hydrogen (secondary N) is 1. The van der Waals surface area contributed by atoms with Gasteiger partial charge in [0.1, 0.15) is 5.75 Å². The fourth-order valence-corrected chi connectivity index (χ4v) is 3.29. The highest BCUT2D eigenvalue weighted by Crippen LogP contribution is 2.22. The molecule has 0 saturated carbocycles. The molecule has 3 rings (SSSR count). The number of nitrogens with zero attached hydrogens (tertiary/aromatic N) is 4. The maximum absolute atomic E-state index is 12.3. The van der Waals surface area contributed by atoms with Gasteiger partial charge in [-0.3, -0.25) is 4.99 Å². The van der Waals surface area contributed by atoms with Crippen LogP contribution in [0.4, 0.5) is 18.9 Å². The zero-order chi connectivity index (χ0) is 22.3. The number of anilines is 1. The number of methoxy groups -OCH3 is 1. The minimum atomic E-state index is -4.40. The smallest absolute Gasteiger partial charge is 0.422 e. The Morgan fingerprint density at radius 3 is 2.61 bits per heavy atom. The quantitative estimate of drug-likeness (QED) is 0.554. The van der Waals surface area contributed by atoms with E-state index in [1.54, 1.807) is 20.2 Å². The average molecular weight is 437 g/mol. The van der Waals surface area contributed by atoms with E-state index in [0.717, 1.165) is 49.1 Å². The molecule has 0 bridgehead atoms. The minimum absolute atomic E-state index is 0.0569. The predicted molar refractivity (Wildman–Crippen MR) is 113 cm³/mol. The Labute approximate surface area is 179 Å². The molecule has 1 aromatic carbocycles. The van der Waals surface area contributed by atoms with Crippen molar-refractivity contribution in [1.29, 1.82) is 0 Å². The predicted octanol–water partition coefficient (Wildman–Crippen LogP) is 2.93. The molecule has 0 unspecified atom stereocenters. The summed E-state index contributed by atoms with van der Waals surface area (Å²) < 4.78 is 47.0. The number of guanidine groups is 1. The van der Waals surface area contributed by atoms with Crippen LogP contribution in [0, 0.1) is 0 Å². The van der Waals surface area contributed by atoms with Crippen LogP contribution in [-0.2, 0) is 6.54 Å².